The Morgan fingerprint density at radius 1 is 1.18 bits per heavy atom. The number of carbonyl (C=O) groups excluding carboxylic acids is 1. The highest BCUT2D eigenvalue weighted by atomic mass is 32.1. The number of benzene rings is 2. The third-order valence-electron chi connectivity index (χ3n) is 4.33. The summed E-state index contributed by atoms with van der Waals surface area (Å²) in [6.07, 6.45) is -4.05. The van der Waals surface area contributed by atoms with E-state index in [1.54, 1.807) is 18.2 Å². The van der Waals surface area contributed by atoms with Crippen molar-refractivity contribution in [3.63, 3.8) is 0 Å². The molecule has 0 fully saturated rings. The van der Waals surface area contributed by atoms with Gasteiger partial charge in [-0.25, -0.2) is 4.98 Å². The van der Waals surface area contributed by atoms with Gasteiger partial charge in [0.25, 0.3) is 5.91 Å². The van der Waals surface area contributed by atoms with E-state index in [-0.39, 0.29) is 5.91 Å². The van der Waals surface area contributed by atoms with Gasteiger partial charge in [0.15, 0.2) is 5.13 Å². The molecule has 4 nitrogen and oxygen atoms in total. The van der Waals surface area contributed by atoms with Crippen LogP contribution >= 0.6 is 11.3 Å². The molecule has 0 saturated heterocycles. The Balaban J connectivity index is 1.66. The molecule has 1 N–H and O–H groups in total. The van der Waals surface area contributed by atoms with Crippen LogP contribution in [0.2, 0.25) is 0 Å². The molecule has 1 amide bonds. The number of hydrogen-bond donors (Lipinski definition) is 1. The molecule has 3 aromatic rings. The standard InChI is InChI=1S/C20H14F3N3OS/c1-11-10-28-19(24-11)26-18(27)15-7-3-5-13-9-16(25-17(13)15)12-4-2-6-14(8-12)20(21,22)23/h2-8,10H,9H2,1H3,(H,24,26,27). The van der Waals surface area contributed by atoms with E-state index >= 15 is 0 Å². The van der Waals surface area contributed by atoms with Gasteiger partial charge in [0.1, 0.15) is 0 Å². The first-order valence-corrected chi connectivity index (χ1v) is 9.30. The van der Waals surface area contributed by atoms with Crippen molar-refractivity contribution in [2.45, 2.75) is 19.5 Å². The smallest absolute Gasteiger partial charge is 0.298 e. The van der Waals surface area contributed by atoms with Gasteiger partial charge in [0.05, 0.1) is 28.2 Å². The van der Waals surface area contributed by atoms with Crippen LogP contribution in [0.4, 0.5) is 24.0 Å². The van der Waals surface area contributed by atoms with Crippen molar-refractivity contribution in [3.05, 3.63) is 75.8 Å². The number of aromatic nitrogens is 1. The molecule has 28 heavy (non-hydrogen) atoms. The first kappa shape index (κ1) is 18.4. The SMILES string of the molecule is Cc1csc(NC(=O)c2cccc3c2N=C(c2cccc(C(F)(F)F)c2)C3)n1. The molecule has 1 aliphatic rings. The molecule has 0 radical (unpaired) electrons. The second-order valence-corrected chi connectivity index (χ2v) is 7.23. The molecule has 0 aliphatic carbocycles. The van der Waals surface area contributed by atoms with Crippen LogP contribution in [-0.2, 0) is 12.6 Å². The summed E-state index contributed by atoms with van der Waals surface area (Å²) in [5, 5.41) is 5.06. The number of aliphatic imine (C=N–C) groups is 1. The number of nitrogens with one attached hydrogen (secondary N) is 1. The monoisotopic (exact) mass is 401 g/mol. The Bertz CT molecular complexity index is 1100. The van der Waals surface area contributed by atoms with E-state index in [9.17, 15) is 18.0 Å². The molecule has 2 aromatic carbocycles. The number of nitrogens with zero attached hydrogens (tertiary/aromatic N) is 2. The summed E-state index contributed by atoms with van der Waals surface area (Å²) >= 11 is 1.32. The molecule has 0 unspecified atom stereocenters. The van der Waals surface area contributed by atoms with Crippen LogP contribution in [0.15, 0.2) is 52.8 Å². The van der Waals surface area contributed by atoms with Crippen LogP contribution in [0.5, 0.6) is 0 Å². The lowest BCUT2D eigenvalue weighted by Gasteiger charge is -2.08. The van der Waals surface area contributed by atoms with Gasteiger partial charge >= 0.3 is 6.18 Å². The van der Waals surface area contributed by atoms with Crippen LogP contribution in [0.1, 0.15) is 32.7 Å². The van der Waals surface area contributed by atoms with E-state index in [4.69, 9.17) is 0 Å². The Labute approximate surface area is 162 Å². The lowest BCUT2D eigenvalue weighted by Crippen LogP contribution is -2.12. The van der Waals surface area contributed by atoms with E-state index in [1.165, 1.54) is 17.4 Å². The van der Waals surface area contributed by atoms with E-state index in [0.29, 0.717) is 34.1 Å². The molecule has 1 aromatic heterocycles. The summed E-state index contributed by atoms with van der Waals surface area (Å²) in [7, 11) is 0. The molecule has 2 heterocycles. The van der Waals surface area contributed by atoms with Crippen LogP contribution in [0, 0.1) is 6.92 Å². The molecule has 0 saturated carbocycles. The predicted octanol–water partition coefficient (Wildman–Crippen LogP) is 5.40. The normalized spacial score (nSPS) is 13.2. The van der Waals surface area contributed by atoms with Crippen molar-refractivity contribution in [2.75, 3.05) is 5.32 Å². The molecular weight excluding hydrogens is 387 g/mol. The highest BCUT2D eigenvalue weighted by Gasteiger charge is 2.31. The lowest BCUT2D eigenvalue weighted by atomic mass is 10.0. The number of para-hydroxylation sites is 1. The first-order chi connectivity index (χ1) is 13.3. The number of rotatable bonds is 3. The average Bonchev–Trinajstić information content (AvgIpc) is 3.26. The van der Waals surface area contributed by atoms with Crippen molar-refractivity contribution < 1.29 is 18.0 Å². The van der Waals surface area contributed by atoms with Crippen molar-refractivity contribution in [1.29, 1.82) is 0 Å². The minimum atomic E-state index is -4.42. The van der Waals surface area contributed by atoms with Crippen LogP contribution < -0.4 is 5.32 Å². The lowest BCUT2D eigenvalue weighted by molar-refractivity contribution is -0.137. The fourth-order valence-corrected chi connectivity index (χ4v) is 3.70. The number of amides is 1. The molecular formula is C20H14F3N3OS. The van der Waals surface area contributed by atoms with Crippen molar-refractivity contribution in [3.8, 4) is 0 Å². The van der Waals surface area contributed by atoms with Gasteiger partial charge < -0.3 is 0 Å². The molecule has 1 aliphatic heterocycles. The number of carbonyl (C=O) groups is 1. The Hall–Kier alpha value is -3.00. The quantitative estimate of drug-likeness (QED) is 0.639. The highest BCUT2D eigenvalue weighted by molar-refractivity contribution is 7.13. The molecule has 0 atom stereocenters. The first-order valence-electron chi connectivity index (χ1n) is 8.42. The molecule has 4 rings (SSSR count). The van der Waals surface area contributed by atoms with E-state index in [1.807, 2.05) is 18.4 Å². The summed E-state index contributed by atoms with van der Waals surface area (Å²) in [6, 6.07) is 10.3. The van der Waals surface area contributed by atoms with Gasteiger partial charge in [0, 0.05) is 11.8 Å². The number of hydrogen-bond acceptors (Lipinski definition) is 4. The largest absolute Gasteiger partial charge is 0.416 e. The fraction of sp³-hybridized carbons (Fsp3) is 0.150. The minimum absolute atomic E-state index is 0.347. The second kappa shape index (κ2) is 6.87. The van der Waals surface area contributed by atoms with Gasteiger partial charge in [-0.1, -0.05) is 24.3 Å². The zero-order valence-electron chi connectivity index (χ0n) is 14.7. The summed E-state index contributed by atoms with van der Waals surface area (Å²) in [5.41, 5.74) is 2.65. The maximum Gasteiger partial charge on any atom is 0.416 e. The van der Waals surface area contributed by atoms with Gasteiger partial charge in [-0.15, -0.1) is 11.3 Å². The van der Waals surface area contributed by atoms with Crippen molar-refractivity contribution in [2.24, 2.45) is 4.99 Å². The summed E-state index contributed by atoms with van der Waals surface area (Å²) in [5.74, 6) is -0.347. The molecule has 0 bridgehead atoms. The summed E-state index contributed by atoms with van der Waals surface area (Å²) in [4.78, 5) is 21.3. The number of fused-ring (bicyclic) bond motifs is 1. The molecule has 0 spiro atoms. The number of thiazole rings is 1. The highest BCUT2D eigenvalue weighted by Crippen LogP contribution is 2.35. The third kappa shape index (κ3) is 3.55. The van der Waals surface area contributed by atoms with Gasteiger partial charge in [-0.2, -0.15) is 13.2 Å². The number of aryl methyl sites for hydroxylation is 1. The average molecular weight is 401 g/mol. The second-order valence-electron chi connectivity index (χ2n) is 6.38. The minimum Gasteiger partial charge on any atom is -0.298 e. The van der Waals surface area contributed by atoms with Gasteiger partial charge in [0.2, 0.25) is 0 Å². The van der Waals surface area contributed by atoms with Crippen LogP contribution in [-0.4, -0.2) is 16.6 Å². The Morgan fingerprint density at radius 3 is 2.68 bits per heavy atom. The van der Waals surface area contributed by atoms with E-state index < -0.39 is 11.7 Å². The predicted molar refractivity (Wildman–Crippen MR) is 103 cm³/mol. The third-order valence-corrected chi connectivity index (χ3v) is 5.21. The maximum absolute atomic E-state index is 13.0. The van der Waals surface area contributed by atoms with Gasteiger partial charge in [-0.3, -0.25) is 15.1 Å². The number of halogens is 3. The Morgan fingerprint density at radius 2 is 1.96 bits per heavy atom. The molecule has 8 heteroatoms. The number of anilines is 1. The number of alkyl halides is 3. The van der Waals surface area contributed by atoms with Crippen molar-refractivity contribution >= 4 is 33.8 Å². The van der Waals surface area contributed by atoms with Crippen LogP contribution in [0.25, 0.3) is 0 Å². The molecule has 142 valence electrons. The summed E-state index contributed by atoms with van der Waals surface area (Å²) < 4.78 is 39.0. The zero-order chi connectivity index (χ0) is 19.9. The zero-order valence-corrected chi connectivity index (χ0v) is 15.5. The van der Waals surface area contributed by atoms with Crippen LogP contribution in [0.3, 0.4) is 0 Å². The van der Waals surface area contributed by atoms with Crippen molar-refractivity contribution in [1.82, 2.24) is 4.98 Å². The van der Waals surface area contributed by atoms with E-state index in [2.05, 4.69) is 15.3 Å². The Kier molecular flexibility index (Phi) is 4.50. The fourth-order valence-electron chi connectivity index (χ4n) is 3.02. The topological polar surface area (TPSA) is 54.4 Å². The summed E-state index contributed by atoms with van der Waals surface area (Å²) in [6.45, 7) is 1.83. The van der Waals surface area contributed by atoms with Gasteiger partial charge in [-0.05, 0) is 36.2 Å². The van der Waals surface area contributed by atoms with E-state index in [0.717, 1.165) is 23.4 Å². The maximum atomic E-state index is 13.0.